The average molecular weight is 186 g/mol. The lowest BCUT2D eigenvalue weighted by atomic mass is 9.85. The van der Waals surface area contributed by atoms with Gasteiger partial charge in [-0.3, -0.25) is 11.3 Å². The predicted molar refractivity (Wildman–Crippen MR) is 54.1 cm³/mol. The number of hydrazine groups is 1. The highest BCUT2D eigenvalue weighted by Gasteiger charge is 2.29. The third kappa shape index (κ3) is 2.66. The summed E-state index contributed by atoms with van der Waals surface area (Å²) in [6, 6.07) is 0.442. The van der Waals surface area contributed by atoms with E-state index < -0.39 is 0 Å². The number of ether oxygens (including phenoxy) is 1. The first-order valence-corrected chi connectivity index (χ1v) is 5.37. The molecule has 0 bridgehead atoms. The van der Waals surface area contributed by atoms with Crippen LogP contribution in [0.15, 0.2) is 0 Å². The number of nitrogens with one attached hydrogen (secondary N) is 1. The van der Waals surface area contributed by atoms with Gasteiger partial charge in [0.05, 0.1) is 6.61 Å². The third-order valence-electron chi connectivity index (χ3n) is 3.22. The molecule has 3 heteroatoms. The van der Waals surface area contributed by atoms with Crippen molar-refractivity contribution >= 4 is 0 Å². The molecule has 0 amide bonds. The van der Waals surface area contributed by atoms with Gasteiger partial charge in [0.25, 0.3) is 0 Å². The summed E-state index contributed by atoms with van der Waals surface area (Å²) < 4.78 is 5.38. The summed E-state index contributed by atoms with van der Waals surface area (Å²) in [6.45, 7) is 6.25. The van der Waals surface area contributed by atoms with Gasteiger partial charge in [0.1, 0.15) is 0 Å². The molecule has 3 N–H and O–H groups in total. The number of hydrogen-bond acceptors (Lipinski definition) is 3. The molecule has 1 heterocycles. The molecule has 0 spiro atoms. The highest BCUT2D eigenvalue weighted by Crippen LogP contribution is 2.25. The molecule has 0 aromatic rings. The van der Waals surface area contributed by atoms with Crippen molar-refractivity contribution in [3.63, 3.8) is 0 Å². The van der Waals surface area contributed by atoms with Crippen molar-refractivity contribution in [1.29, 1.82) is 0 Å². The smallest absolute Gasteiger partial charge is 0.0510 e. The Kier molecular flexibility index (Phi) is 4.70. The van der Waals surface area contributed by atoms with E-state index in [0.717, 1.165) is 19.6 Å². The van der Waals surface area contributed by atoms with Gasteiger partial charge in [0.2, 0.25) is 0 Å². The Labute approximate surface area is 81.0 Å². The van der Waals surface area contributed by atoms with E-state index >= 15 is 0 Å². The zero-order valence-electron chi connectivity index (χ0n) is 8.75. The van der Waals surface area contributed by atoms with Crippen LogP contribution in [0, 0.1) is 11.8 Å². The van der Waals surface area contributed by atoms with E-state index in [1.54, 1.807) is 0 Å². The average Bonchev–Trinajstić information content (AvgIpc) is 2.66. The van der Waals surface area contributed by atoms with Crippen LogP contribution < -0.4 is 11.3 Å². The standard InChI is InChI=1S/C10H22N2O/c1-3-8(4-2)10(12-11)9-5-6-13-7-9/h8-10,12H,3-7,11H2,1-2H3. The molecule has 1 fully saturated rings. The van der Waals surface area contributed by atoms with E-state index in [9.17, 15) is 0 Å². The summed E-state index contributed by atoms with van der Waals surface area (Å²) in [5, 5.41) is 0. The summed E-state index contributed by atoms with van der Waals surface area (Å²) in [4.78, 5) is 0. The lowest BCUT2D eigenvalue weighted by Gasteiger charge is -2.28. The van der Waals surface area contributed by atoms with Crippen molar-refractivity contribution in [3.05, 3.63) is 0 Å². The van der Waals surface area contributed by atoms with Crippen LogP contribution in [0.1, 0.15) is 33.1 Å². The molecule has 3 nitrogen and oxygen atoms in total. The van der Waals surface area contributed by atoms with Gasteiger partial charge in [-0.15, -0.1) is 0 Å². The van der Waals surface area contributed by atoms with Crippen LogP contribution >= 0.6 is 0 Å². The Hall–Kier alpha value is -0.120. The first-order chi connectivity index (χ1) is 6.33. The minimum atomic E-state index is 0.442. The third-order valence-corrected chi connectivity index (χ3v) is 3.22. The molecule has 0 aliphatic carbocycles. The summed E-state index contributed by atoms with van der Waals surface area (Å²) in [7, 11) is 0. The van der Waals surface area contributed by atoms with Crippen molar-refractivity contribution in [3.8, 4) is 0 Å². The maximum absolute atomic E-state index is 5.60. The molecule has 1 rings (SSSR count). The van der Waals surface area contributed by atoms with Gasteiger partial charge in [-0.1, -0.05) is 26.7 Å². The predicted octanol–water partition coefficient (Wildman–Crippen LogP) is 1.29. The summed E-state index contributed by atoms with van der Waals surface area (Å²) in [5.41, 5.74) is 2.97. The fourth-order valence-corrected chi connectivity index (χ4v) is 2.29. The van der Waals surface area contributed by atoms with E-state index in [2.05, 4.69) is 19.3 Å². The van der Waals surface area contributed by atoms with E-state index in [0.29, 0.717) is 17.9 Å². The number of rotatable bonds is 5. The van der Waals surface area contributed by atoms with Crippen LogP contribution in [-0.2, 0) is 4.74 Å². The van der Waals surface area contributed by atoms with Crippen molar-refractivity contribution in [2.75, 3.05) is 13.2 Å². The van der Waals surface area contributed by atoms with Gasteiger partial charge in [-0.25, -0.2) is 0 Å². The minimum absolute atomic E-state index is 0.442. The molecule has 78 valence electrons. The quantitative estimate of drug-likeness (QED) is 0.502. The van der Waals surface area contributed by atoms with Gasteiger partial charge in [0.15, 0.2) is 0 Å². The molecule has 0 aromatic heterocycles. The molecule has 0 radical (unpaired) electrons. The fraction of sp³-hybridized carbons (Fsp3) is 1.00. The molecule has 2 unspecified atom stereocenters. The van der Waals surface area contributed by atoms with Crippen LogP contribution in [0.2, 0.25) is 0 Å². The Morgan fingerprint density at radius 3 is 2.54 bits per heavy atom. The Morgan fingerprint density at radius 1 is 1.46 bits per heavy atom. The zero-order valence-corrected chi connectivity index (χ0v) is 8.75. The van der Waals surface area contributed by atoms with Crippen LogP contribution in [0.3, 0.4) is 0 Å². The molecular weight excluding hydrogens is 164 g/mol. The van der Waals surface area contributed by atoms with Crippen molar-refractivity contribution in [1.82, 2.24) is 5.43 Å². The second-order valence-electron chi connectivity index (χ2n) is 3.89. The topological polar surface area (TPSA) is 47.3 Å². The van der Waals surface area contributed by atoms with Crippen LogP contribution in [0.25, 0.3) is 0 Å². The second-order valence-corrected chi connectivity index (χ2v) is 3.89. The summed E-state index contributed by atoms with van der Waals surface area (Å²) in [5.74, 6) is 6.91. The lowest BCUT2D eigenvalue weighted by Crippen LogP contribution is -2.46. The molecule has 2 atom stereocenters. The minimum Gasteiger partial charge on any atom is -0.381 e. The molecule has 1 saturated heterocycles. The first-order valence-electron chi connectivity index (χ1n) is 5.37. The Morgan fingerprint density at radius 2 is 2.15 bits per heavy atom. The van der Waals surface area contributed by atoms with Gasteiger partial charge in [-0.05, 0) is 12.3 Å². The zero-order chi connectivity index (χ0) is 9.68. The van der Waals surface area contributed by atoms with Gasteiger partial charge in [0, 0.05) is 18.6 Å². The highest BCUT2D eigenvalue weighted by molar-refractivity contribution is 4.82. The molecular formula is C10H22N2O. The van der Waals surface area contributed by atoms with Crippen molar-refractivity contribution in [2.24, 2.45) is 17.7 Å². The van der Waals surface area contributed by atoms with E-state index in [4.69, 9.17) is 10.6 Å². The van der Waals surface area contributed by atoms with Crippen LogP contribution in [0.5, 0.6) is 0 Å². The van der Waals surface area contributed by atoms with Crippen LogP contribution in [0.4, 0.5) is 0 Å². The van der Waals surface area contributed by atoms with Crippen molar-refractivity contribution < 1.29 is 4.74 Å². The Bertz CT molecular complexity index is 129. The molecule has 1 aliphatic rings. The second kappa shape index (κ2) is 5.58. The Balaban J connectivity index is 2.48. The molecule has 0 saturated carbocycles. The van der Waals surface area contributed by atoms with Gasteiger partial charge in [-0.2, -0.15) is 0 Å². The van der Waals surface area contributed by atoms with Crippen molar-refractivity contribution in [2.45, 2.75) is 39.2 Å². The van der Waals surface area contributed by atoms with E-state index in [-0.39, 0.29) is 0 Å². The fourth-order valence-electron chi connectivity index (χ4n) is 2.29. The molecule has 1 aliphatic heterocycles. The molecule has 0 aromatic carbocycles. The monoisotopic (exact) mass is 186 g/mol. The highest BCUT2D eigenvalue weighted by atomic mass is 16.5. The first kappa shape index (κ1) is 11.0. The van der Waals surface area contributed by atoms with E-state index in [1.807, 2.05) is 0 Å². The molecule has 13 heavy (non-hydrogen) atoms. The maximum Gasteiger partial charge on any atom is 0.0510 e. The normalized spacial score (nSPS) is 25.4. The van der Waals surface area contributed by atoms with E-state index in [1.165, 1.54) is 12.8 Å². The number of nitrogens with two attached hydrogens (primary N) is 1. The SMILES string of the molecule is CCC(CC)C(NN)C1CCOC1. The summed E-state index contributed by atoms with van der Waals surface area (Å²) >= 11 is 0. The number of hydrogen-bond donors (Lipinski definition) is 2. The maximum atomic E-state index is 5.60. The largest absolute Gasteiger partial charge is 0.381 e. The van der Waals surface area contributed by atoms with Gasteiger partial charge < -0.3 is 4.74 Å². The summed E-state index contributed by atoms with van der Waals surface area (Å²) in [6.07, 6.45) is 3.55. The van der Waals surface area contributed by atoms with Gasteiger partial charge >= 0.3 is 0 Å². The van der Waals surface area contributed by atoms with Crippen LogP contribution in [-0.4, -0.2) is 19.3 Å². The lowest BCUT2D eigenvalue weighted by molar-refractivity contribution is 0.162.